The van der Waals surface area contributed by atoms with Crippen LogP contribution >= 0.6 is 0 Å². The predicted octanol–water partition coefficient (Wildman–Crippen LogP) is 0.317. The zero-order valence-electron chi connectivity index (χ0n) is 12.2. The molecule has 0 spiro atoms. The molecule has 1 aliphatic rings. The van der Waals surface area contributed by atoms with E-state index in [-0.39, 0.29) is 6.10 Å². The number of carbonyl (C=O) groups is 1. The van der Waals surface area contributed by atoms with Gasteiger partial charge in [0.25, 0.3) is 0 Å². The van der Waals surface area contributed by atoms with Crippen molar-refractivity contribution < 1.29 is 14.6 Å². The van der Waals surface area contributed by atoms with Gasteiger partial charge in [-0.15, -0.1) is 10.2 Å². The monoisotopic (exact) mass is 303 g/mol. The van der Waals surface area contributed by atoms with Crippen LogP contribution in [0.1, 0.15) is 12.2 Å². The van der Waals surface area contributed by atoms with Gasteiger partial charge in [0.2, 0.25) is 0 Å². The Kier molecular flexibility index (Phi) is 4.01. The van der Waals surface area contributed by atoms with Crippen LogP contribution in [0, 0.1) is 0 Å². The zero-order chi connectivity index (χ0) is 15.5. The van der Waals surface area contributed by atoms with Gasteiger partial charge in [-0.05, 0) is 17.3 Å². The highest BCUT2D eigenvalue weighted by atomic mass is 16.5. The Morgan fingerprint density at radius 1 is 1.41 bits per heavy atom. The van der Waals surface area contributed by atoms with Gasteiger partial charge in [0.15, 0.2) is 5.82 Å². The zero-order valence-corrected chi connectivity index (χ0v) is 12.2. The molecule has 0 unspecified atom stereocenters. The predicted molar refractivity (Wildman–Crippen MR) is 76.1 cm³/mol. The Hall–Kier alpha value is -2.48. The topological polar surface area (TPSA) is 93.4 Å². The molecule has 1 aromatic heterocycles. The molecule has 1 N–H and O–H groups in total. The molecule has 0 radical (unpaired) electrons. The van der Waals surface area contributed by atoms with Crippen molar-refractivity contribution in [1.29, 1.82) is 0 Å². The maximum atomic E-state index is 11.4. The van der Waals surface area contributed by atoms with E-state index in [1.54, 1.807) is 7.05 Å². The number of rotatable bonds is 5. The Bertz CT molecular complexity index is 645. The van der Waals surface area contributed by atoms with Gasteiger partial charge in [0.1, 0.15) is 17.9 Å². The second-order valence-corrected chi connectivity index (χ2v) is 5.27. The minimum absolute atomic E-state index is 0.167. The molecule has 3 rings (SSSR count). The lowest BCUT2D eigenvalue weighted by Gasteiger charge is -2.18. The van der Waals surface area contributed by atoms with Crippen LogP contribution in [-0.4, -0.2) is 54.9 Å². The summed E-state index contributed by atoms with van der Waals surface area (Å²) >= 11 is 0. The van der Waals surface area contributed by atoms with Crippen molar-refractivity contribution in [3.8, 4) is 5.75 Å². The number of hydrogen-bond acceptors (Lipinski definition) is 6. The van der Waals surface area contributed by atoms with E-state index in [0.29, 0.717) is 25.3 Å². The molecule has 8 nitrogen and oxygen atoms in total. The summed E-state index contributed by atoms with van der Waals surface area (Å²) in [5.41, 5.74) is 0. The number of nitrogens with zero attached hydrogens (tertiary/aromatic N) is 5. The second-order valence-electron chi connectivity index (χ2n) is 5.27. The van der Waals surface area contributed by atoms with Crippen LogP contribution in [0.15, 0.2) is 30.3 Å². The third-order valence-corrected chi connectivity index (χ3v) is 3.59. The number of ether oxygens (including phenoxy) is 1. The van der Waals surface area contributed by atoms with Gasteiger partial charge in [-0.2, -0.15) is 4.80 Å². The van der Waals surface area contributed by atoms with Crippen molar-refractivity contribution in [3.05, 3.63) is 36.2 Å². The molecule has 2 heterocycles. The van der Waals surface area contributed by atoms with Crippen LogP contribution in [0.2, 0.25) is 0 Å². The molecule has 2 atom stereocenters. The SMILES string of the molecule is Cn1nnc(CN2C[C@@H](Oc3ccccc3)C[C@H]2C(=O)O)n1. The van der Waals surface area contributed by atoms with Gasteiger partial charge < -0.3 is 9.84 Å². The summed E-state index contributed by atoms with van der Waals surface area (Å²) in [6.07, 6.45) is 0.269. The first-order valence-electron chi connectivity index (χ1n) is 7.03. The number of aromatic nitrogens is 4. The van der Waals surface area contributed by atoms with Crippen molar-refractivity contribution in [2.75, 3.05) is 6.54 Å². The molecule has 1 aliphatic heterocycles. The highest BCUT2D eigenvalue weighted by molar-refractivity contribution is 5.74. The molecule has 0 aliphatic carbocycles. The largest absolute Gasteiger partial charge is 0.489 e. The van der Waals surface area contributed by atoms with Crippen molar-refractivity contribution in [3.63, 3.8) is 0 Å². The van der Waals surface area contributed by atoms with Crippen LogP contribution < -0.4 is 4.74 Å². The number of likely N-dealkylation sites (tertiary alicyclic amines) is 1. The first-order chi connectivity index (χ1) is 10.6. The average Bonchev–Trinajstić information content (AvgIpc) is 3.07. The third-order valence-electron chi connectivity index (χ3n) is 3.59. The van der Waals surface area contributed by atoms with Gasteiger partial charge >= 0.3 is 5.97 Å². The molecular weight excluding hydrogens is 286 g/mol. The van der Waals surface area contributed by atoms with Gasteiger partial charge in [0.05, 0.1) is 13.6 Å². The van der Waals surface area contributed by atoms with E-state index in [9.17, 15) is 9.90 Å². The quantitative estimate of drug-likeness (QED) is 0.850. The van der Waals surface area contributed by atoms with E-state index >= 15 is 0 Å². The van der Waals surface area contributed by atoms with Crippen molar-refractivity contribution in [1.82, 2.24) is 25.1 Å². The molecule has 1 fully saturated rings. The van der Waals surface area contributed by atoms with Gasteiger partial charge in [-0.1, -0.05) is 18.2 Å². The summed E-state index contributed by atoms with van der Waals surface area (Å²) in [5.74, 6) is 0.397. The Morgan fingerprint density at radius 3 is 2.82 bits per heavy atom. The summed E-state index contributed by atoms with van der Waals surface area (Å²) in [6.45, 7) is 0.865. The second kappa shape index (κ2) is 6.10. The molecule has 0 amide bonds. The number of aryl methyl sites for hydroxylation is 1. The molecule has 0 bridgehead atoms. The minimum atomic E-state index is -0.858. The number of tetrazole rings is 1. The standard InChI is InChI=1S/C14H17N5O3/c1-18-16-13(15-17-18)9-19-8-11(7-12(19)14(20)21)22-10-5-3-2-4-6-10/h2-6,11-12H,7-9H2,1H3,(H,20,21)/t11-,12-/m0/s1. The first kappa shape index (κ1) is 14.5. The normalized spacial score (nSPS) is 21.9. The molecule has 116 valence electrons. The van der Waals surface area contributed by atoms with Gasteiger partial charge in [0, 0.05) is 13.0 Å². The number of para-hydroxylation sites is 1. The van der Waals surface area contributed by atoms with Crippen molar-refractivity contribution >= 4 is 5.97 Å². The molecule has 2 aromatic rings. The first-order valence-corrected chi connectivity index (χ1v) is 7.03. The van der Waals surface area contributed by atoms with Crippen molar-refractivity contribution in [2.45, 2.75) is 25.1 Å². The number of aliphatic carboxylic acids is 1. The summed E-state index contributed by atoms with van der Waals surface area (Å²) < 4.78 is 5.86. The third kappa shape index (κ3) is 3.22. The average molecular weight is 303 g/mol. The van der Waals surface area contributed by atoms with Gasteiger partial charge in [-0.3, -0.25) is 9.69 Å². The summed E-state index contributed by atoms with van der Waals surface area (Å²) in [6, 6.07) is 8.82. The smallest absolute Gasteiger partial charge is 0.321 e. The lowest BCUT2D eigenvalue weighted by molar-refractivity contribution is -0.142. The van der Waals surface area contributed by atoms with Crippen LogP contribution in [0.25, 0.3) is 0 Å². The molecule has 1 aromatic carbocycles. The fourth-order valence-corrected chi connectivity index (χ4v) is 2.64. The van der Waals surface area contributed by atoms with Gasteiger partial charge in [-0.25, -0.2) is 0 Å². The Morgan fingerprint density at radius 2 is 2.18 bits per heavy atom. The molecular formula is C14H17N5O3. The maximum Gasteiger partial charge on any atom is 0.321 e. The minimum Gasteiger partial charge on any atom is -0.489 e. The number of hydrogen-bond donors (Lipinski definition) is 1. The van der Waals surface area contributed by atoms with E-state index in [4.69, 9.17) is 4.74 Å². The van der Waals surface area contributed by atoms with Crippen LogP contribution in [-0.2, 0) is 18.4 Å². The number of carboxylic acids is 1. The fourth-order valence-electron chi connectivity index (χ4n) is 2.64. The van der Waals surface area contributed by atoms with E-state index < -0.39 is 12.0 Å². The Labute approximate surface area is 127 Å². The molecule has 8 heteroatoms. The van der Waals surface area contributed by atoms with Crippen LogP contribution in [0.4, 0.5) is 0 Å². The molecule has 0 saturated carbocycles. The highest BCUT2D eigenvalue weighted by Gasteiger charge is 2.38. The van der Waals surface area contributed by atoms with E-state index in [1.807, 2.05) is 35.2 Å². The van der Waals surface area contributed by atoms with Crippen LogP contribution in [0.5, 0.6) is 5.75 Å². The summed E-state index contributed by atoms with van der Waals surface area (Å²) in [5, 5.41) is 21.2. The highest BCUT2D eigenvalue weighted by Crippen LogP contribution is 2.24. The van der Waals surface area contributed by atoms with E-state index in [1.165, 1.54) is 4.80 Å². The summed E-state index contributed by atoms with van der Waals surface area (Å²) in [4.78, 5) is 14.6. The number of benzene rings is 1. The van der Waals surface area contributed by atoms with Crippen molar-refractivity contribution in [2.24, 2.45) is 7.05 Å². The maximum absolute atomic E-state index is 11.4. The number of carboxylic acid groups (broad SMARTS) is 1. The Balaban J connectivity index is 1.68. The molecule has 22 heavy (non-hydrogen) atoms. The lowest BCUT2D eigenvalue weighted by Crippen LogP contribution is -2.35. The summed E-state index contributed by atoms with van der Waals surface area (Å²) in [7, 11) is 1.68. The fraction of sp³-hybridized carbons (Fsp3) is 0.429. The lowest BCUT2D eigenvalue weighted by atomic mass is 10.2. The van der Waals surface area contributed by atoms with Crippen LogP contribution in [0.3, 0.4) is 0 Å². The van der Waals surface area contributed by atoms with E-state index in [2.05, 4.69) is 15.4 Å². The molecule has 1 saturated heterocycles. The van der Waals surface area contributed by atoms with E-state index in [0.717, 1.165) is 5.75 Å².